The molecule has 52 heavy (non-hydrogen) atoms. The fourth-order valence-corrected chi connectivity index (χ4v) is 8.44. The summed E-state index contributed by atoms with van der Waals surface area (Å²) >= 11 is 6.13. The minimum absolute atomic E-state index is 0.000581. The Bertz CT molecular complexity index is 1990. The molecule has 3 aromatic rings. The summed E-state index contributed by atoms with van der Waals surface area (Å²) < 4.78 is 21.4. The fraction of sp³-hybridized carbons (Fsp3) is 0.432. The highest BCUT2D eigenvalue weighted by molar-refractivity contribution is 6.31. The number of nitrogens with one attached hydrogen (secondary N) is 2. The van der Waals surface area contributed by atoms with Crippen molar-refractivity contribution in [3.05, 3.63) is 81.3 Å². The van der Waals surface area contributed by atoms with Gasteiger partial charge in [0.05, 0.1) is 16.7 Å². The zero-order valence-electron chi connectivity index (χ0n) is 28.2. The molecule has 0 spiro atoms. The van der Waals surface area contributed by atoms with Crippen LogP contribution in [0.5, 0.6) is 5.75 Å². The number of nitrogens with zero attached hydrogens (tertiary/aromatic N) is 6. The van der Waals surface area contributed by atoms with E-state index in [-0.39, 0.29) is 66.7 Å². The number of imide groups is 1. The lowest BCUT2D eigenvalue weighted by Gasteiger charge is -2.56. The maximum atomic E-state index is 15.3. The Kier molecular flexibility index (Phi) is 9.00. The number of nitriles is 1. The van der Waals surface area contributed by atoms with Crippen molar-refractivity contribution in [2.45, 2.75) is 88.3 Å². The molecule has 1 aliphatic carbocycles. The van der Waals surface area contributed by atoms with E-state index in [2.05, 4.69) is 30.6 Å². The molecule has 6 heterocycles. The number of rotatable bonds is 8. The number of amides is 4. The first-order chi connectivity index (χ1) is 25.1. The van der Waals surface area contributed by atoms with Crippen molar-refractivity contribution in [1.29, 1.82) is 5.26 Å². The Morgan fingerprint density at radius 3 is 2.52 bits per heavy atom. The number of halogens is 2. The maximum absolute atomic E-state index is 15.3. The van der Waals surface area contributed by atoms with Crippen LogP contribution in [0.25, 0.3) is 0 Å². The van der Waals surface area contributed by atoms with Crippen LogP contribution in [0, 0.1) is 17.1 Å². The average molecular weight is 727 g/mol. The van der Waals surface area contributed by atoms with Crippen molar-refractivity contribution >= 4 is 41.0 Å². The van der Waals surface area contributed by atoms with E-state index in [1.807, 2.05) is 12.1 Å². The SMILES string of the molecule is N#Cc1ccc(OC2CCC(NC(=O)c3ccc(N4C5CC4CN(Cc4cc6c(cc4F)C(=O)N(C4CCC(=O)NC4=O)C6)C5)nn3)CC2)cc1Cl. The van der Waals surface area contributed by atoms with E-state index in [9.17, 15) is 19.2 Å². The second kappa shape index (κ2) is 13.8. The van der Waals surface area contributed by atoms with Gasteiger partial charge in [-0.2, -0.15) is 5.26 Å². The van der Waals surface area contributed by atoms with Gasteiger partial charge in [0.2, 0.25) is 11.8 Å². The molecule has 2 bridgehead atoms. The van der Waals surface area contributed by atoms with E-state index in [0.717, 1.165) is 32.1 Å². The van der Waals surface area contributed by atoms with Crippen LogP contribution < -0.4 is 20.3 Å². The Labute approximate surface area is 304 Å². The van der Waals surface area contributed by atoms with Crippen molar-refractivity contribution < 1.29 is 28.3 Å². The van der Waals surface area contributed by atoms with Gasteiger partial charge in [0.15, 0.2) is 11.5 Å². The highest BCUT2D eigenvalue weighted by atomic mass is 35.5. The van der Waals surface area contributed by atoms with E-state index in [1.165, 1.54) is 11.0 Å². The molecule has 3 unspecified atom stereocenters. The molecular formula is C37H36ClFN8O5. The zero-order valence-corrected chi connectivity index (χ0v) is 28.9. The number of hydrogen-bond acceptors (Lipinski definition) is 10. The molecule has 1 saturated carbocycles. The van der Waals surface area contributed by atoms with Gasteiger partial charge in [-0.1, -0.05) is 11.6 Å². The lowest BCUT2D eigenvalue weighted by Crippen LogP contribution is -2.69. The molecule has 2 N–H and O–H groups in total. The number of carbonyl (C=O) groups excluding carboxylic acids is 4. The van der Waals surface area contributed by atoms with Crippen LogP contribution in [0.1, 0.15) is 82.5 Å². The molecule has 2 aromatic carbocycles. The van der Waals surface area contributed by atoms with Crippen LogP contribution in [-0.2, 0) is 22.7 Å². The van der Waals surface area contributed by atoms with Gasteiger partial charge in [0.1, 0.15) is 23.7 Å². The number of hydrogen-bond donors (Lipinski definition) is 2. The van der Waals surface area contributed by atoms with Crippen molar-refractivity contribution in [3.63, 3.8) is 0 Å². The first-order valence-electron chi connectivity index (χ1n) is 17.6. The molecule has 4 saturated heterocycles. The first kappa shape index (κ1) is 34.0. The number of benzene rings is 2. The topological polar surface area (TPSA) is 161 Å². The Morgan fingerprint density at radius 1 is 1.04 bits per heavy atom. The fourth-order valence-electron chi connectivity index (χ4n) is 8.22. The molecule has 1 aromatic heterocycles. The number of piperazine rings is 1. The average Bonchev–Trinajstić information content (AvgIpc) is 3.43. The van der Waals surface area contributed by atoms with Crippen LogP contribution in [0.2, 0.25) is 5.02 Å². The van der Waals surface area contributed by atoms with E-state index in [0.29, 0.717) is 52.9 Å². The predicted octanol–water partition coefficient (Wildman–Crippen LogP) is 3.48. The summed E-state index contributed by atoms with van der Waals surface area (Å²) in [4.78, 5) is 55.9. The molecule has 6 aliphatic rings. The van der Waals surface area contributed by atoms with Crippen LogP contribution >= 0.6 is 11.6 Å². The van der Waals surface area contributed by atoms with Crippen LogP contribution in [-0.4, -0.2) is 87.0 Å². The number of anilines is 1. The molecule has 5 aliphatic heterocycles. The summed E-state index contributed by atoms with van der Waals surface area (Å²) in [6.45, 7) is 1.98. The summed E-state index contributed by atoms with van der Waals surface area (Å²) in [5.41, 5.74) is 2.10. The Hall–Kier alpha value is -5.13. The molecule has 9 rings (SSSR count). The molecule has 0 radical (unpaired) electrons. The van der Waals surface area contributed by atoms with Crippen LogP contribution in [0.15, 0.2) is 42.5 Å². The van der Waals surface area contributed by atoms with E-state index >= 15 is 4.39 Å². The number of aromatic nitrogens is 2. The molecule has 15 heteroatoms. The van der Waals surface area contributed by atoms with Gasteiger partial charge in [-0.25, -0.2) is 4.39 Å². The Balaban J connectivity index is 0.820. The normalized spacial score (nSPS) is 25.6. The predicted molar refractivity (Wildman–Crippen MR) is 185 cm³/mol. The monoisotopic (exact) mass is 726 g/mol. The summed E-state index contributed by atoms with van der Waals surface area (Å²) in [7, 11) is 0. The number of piperidine rings is 2. The molecule has 268 valence electrons. The number of carbonyl (C=O) groups is 4. The Morgan fingerprint density at radius 2 is 1.83 bits per heavy atom. The zero-order chi connectivity index (χ0) is 36.1. The molecule has 5 fully saturated rings. The highest BCUT2D eigenvalue weighted by Crippen LogP contribution is 2.37. The van der Waals surface area contributed by atoms with Crippen LogP contribution in [0.3, 0.4) is 0 Å². The van der Waals surface area contributed by atoms with Gasteiger partial charge in [0, 0.05) is 67.9 Å². The molecule has 13 nitrogen and oxygen atoms in total. The van der Waals surface area contributed by atoms with Gasteiger partial charge < -0.3 is 19.9 Å². The van der Waals surface area contributed by atoms with E-state index < -0.39 is 23.7 Å². The summed E-state index contributed by atoms with van der Waals surface area (Å²) in [6.07, 6.45) is 4.45. The smallest absolute Gasteiger partial charge is 0.272 e. The van der Waals surface area contributed by atoms with Gasteiger partial charge in [-0.15, -0.1) is 10.2 Å². The van der Waals surface area contributed by atoms with Crippen molar-refractivity contribution in [1.82, 2.24) is 30.6 Å². The van der Waals surface area contributed by atoms with Gasteiger partial charge in [-0.05, 0) is 80.5 Å². The van der Waals surface area contributed by atoms with Gasteiger partial charge >= 0.3 is 0 Å². The summed E-state index contributed by atoms with van der Waals surface area (Å²) in [6, 6.07) is 13.2. The number of ether oxygens (including phenoxy) is 1. The largest absolute Gasteiger partial charge is 0.490 e. The van der Waals surface area contributed by atoms with Crippen LogP contribution in [0.4, 0.5) is 10.2 Å². The highest BCUT2D eigenvalue weighted by Gasteiger charge is 2.46. The standard InChI is InChI=1S/C37H36ClFN8O5/c38-29-13-27(4-1-20(29)15-40)52-26-5-2-23(3-6-26)41-35(49)31-7-9-33(44-43-31)47-24-12-25(47)19-45(18-24)16-22-11-21-17-46(37(51)28(21)14-30(22)39)32-8-10-34(48)42-36(32)50/h1,4,7,9,11,13-14,23-26,32H,2-3,5-6,8,10,12,16-19H2,(H,41,49)(H,42,48,50). The minimum atomic E-state index is -0.745. The first-order valence-corrected chi connectivity index (χ1v) is 18.0. The van der Waals surface area contributed by atoms with E-state index in [4.69, 9.17) is 21.6 Å². The summed E-state index contributed by atoms with van der Waals surface area (Å²) in [5, 5.41) is 23.5. The maximum Gasteiger partial charge on any atom is 0.272 e. The van der Waals surface area contributed by atoms with Crippen molar-refractivity contribution in [2.75, 3.05) is 18.0 Å². The third kappa shape index (κ3) is 6.54. The molecular weight excluding hydrogens is 691 g/mol. The van der Waals surface area contributed by atoms with Crippen molar-refractivity contribution in [2.24, 2.45) is 0 Å². The minimum Gasteiger partial charge on any atom is -0.490 e. The number of fused-ring (bicyclic) bond motifs is 3. The molecule has 3 atom stereocenters. The third-order valence-corrected chi connectivity index (χ3v) is 11.2. The lowest BCUT2D eigenvalue weighted by atomic mass is 9.87. The van der Waals surface area contributed by atoms with Crippen molar-refractivity contribution in [3.8, 4) is 11.8 Å². The second-order valence-electron chi connectivity index (χ2n) is 14.2. The third-order valence-electron chi connectivity index (χ3n) is 10.9. The van der Waals surface area contributed by atoms with Gasteiger partial charge in [-0.3, -0.25) is 29.4 Å². The molecule has 4 amide bonds. The quantitative estimate of drug-likeness (QED) is 0.329. The van der Waals surface area contributed by atoms with E-state index in [1.54, 1.807) is 30.3 Å². The van der Waals surface area contributed by atoms with Gasteiger partial charge in [0.25, 0.3) is 11.8 Å². The lowest BCUT2D eigenvalue weighted by molar-refractivity contribution is -0.136. The summed E-state index contributed by atoms with van der Waals surface area (Å²) in [5.74, 6) is -0.636. The second-order valence-corrected chi connectivity index (χ2v) is 14.6.